The van der Waals surface area contributed by atoms with Crippen LogP contribution in [-0.2, 0) is 17.6 Å². The molecule has 0 saturated carbocycles. The van der Waals surface area contributed by atoms with Gasteiger partial charge in [-0.1, -0.05) is 42.5 Å². The first-order chi connectivity index (χ1) is 15.6. The van der Waals surface area contributed by atoms with Gasteiger partial charge in [0.2, 0.25) is 5.90 Å². The van der Waals surface area contributed by atoms with Crippen molar-refractivity contribution >= 4 is 11.5 Å². The fourth-order valence-corrected chi connectivity index (χ4v) is 5.44. The number of alkyl halides is 1. The van der Waals surface area contributed by atoms with Crippen molar-refractivity contribution in [2.75, 3.05) is 20.2 Å². The minimum Gasteiger partial charge on any atom is -0.476 e. The predicted octanol–water partition coefficient (Wildman–Crippen LogP) is 4.81. The summed E-state index contributed by atoms with van der Waals surface area (Å²) in [5.41, 5.74) is 6.34. The summed E-state index contributed by atoms with van der Waals surface area (Å²) in [5, 5.41) is 9.30. The Morgan fingerprint density at radius 3 is 2.94 bits per heavy atom. The number of aryl methyl sites for hydroxylation is 1. The van der Waals surface area contributed by atoms with E-state index in [0.29, 0.717) is 25.5 Å². The van der Waals surface area contributed by atoms with Gasteiger partial charge >= 0.3 is 0 Å². The highest BCUT2D eigenvalue weighted by molar-refractivity contribution is 5.95. The van der Waals surface area contributed by atoms with Crippen molar-refractivity contribution in [3.63, 3.8) is 0 Å². The van der Waals surface area contributed by atoms with Crippen LogP contribution in [-0.4, -0.2) is 49.3 Å². The molecule has 1 aromatic carbocycles. The van der Waals surface area contributed by atoms with Gasteiger partial charge in [-0.05, 0) is 61.4 Å². The molecule has 0 aromatic heterocycles. The molecule has 2 aliphatic heterocycles. The zero-order valence-electron chi connectivity index (χ0n) is 18.6. The van der Waals surface area contributed by atoms with Crippen LogP contribution < -0.4 is 0 Å². The van der Waals surface area contributed by atoms with Crippen LogP contribution in [0.15, 0.2) is 53.1 Å². The highest BCUT2D eigenvalue weighted by Gasteiger charge is 2.32. The van der Waals surface area contributed by atoms with Gasteiger partial charge in [0.05, 0.1) is 18.5 Å². The number of allylic oxidation sites excluding steroid dienone is 2. The molecule has 2 heterocycles. The molecule has 2 aliphatic carbocycles. The molecule has 0 radical (unpaired) electrons. The van der Waals surface area contributed by atoms with Crippen molar-refractivity contribution in [3.8, 4) is 6.07 Å². The summed E-state index contributed by atoms with van der Waals surface area (Å²) in [5.74, 6) is 0.683. The normalized spacial score (nSPS) is 29.3. The summed E-state index contributed by atoms with van der Waals surface area (Å²) in [6.07, 6.45) is 13.6. The fraction of sp³-hybridized carbons (Fsp3) is 0.481. The van der Waals surface area contributed by atoms with Crippen molar-refractivity contribution < 1.29 is 9.13 Å². The van der Waals surface area contributed by atoms with Gasteiger partial charge in [-0.15, -0.1) is 0 Å². The first-order valence-corrected chi connectivity index (χ1v) is 11.8. The van der Waals surface area contributed by atoms with Crippen LogP contribution in [0.1, 0.15) is 42.4 Å². The molecule has 2 unspecified atom stereocenters. The molecule has 0 bridgehead atoms. The number of hydrogen-bond acceptors (Lipinski definition) is 4. The van der Waals surface area contributed by atoms with Gasteiger partial charge in [-0.3, -0.25) is 4.90 Å². The molecule has 4 atom stereocenters. The van der Waals surface area contributed by atoms with Gasteiger partial charge in [0.15, 0.2) is 0 Å². The minimum atomic E-state index is -0.800. The maximum Gasteiger partial charge on any atom is 0.213 e. The number of dihydropyridines is 1. The zero-order valence-corrected chi connectivity index (χ0v) is 18.6. The van der Waals surface area contributed by atoms with Crippen LogP contribution >= 0.6 is 0 Å². The standard InChI is InChI=1S/C27H30FN3O/c1-31-16-22(28)15-23(31)17-32-27-21(11-12-29)13-20-10-9-19(14-26(20)30-27)25-8-4-6-18-5-2-3-7-24(18)25/h4,6,8-10,13-14,20,22-23,26H,2-3,5,7,11,15-17H2,1H3/t20?,22-,23+,26?/m1/s1. The average Bonchev–Trinajstić information content (AvgIpc) is 3.14. The van der Waals surface area contributed by atoms with Gasteiger partial charge in [0.1, 0.15) is 12.8 Å². The number of nitrogens with zero attached hydrogens (tertiary/aromatic N) is 3. The quantitative estimate of drug-likeness (QED) is 0.687. The molecule has 32 heavy (non-hydrogen) atoms. The Morgan fingerprint density at radius 1 is 1.25 bits per heavy atom. The Labute approximate surface area is 189 Å². The first kappa shape index (κ1) is 21.2. The molecular formula is C27H30FN3O. The monoisotopic (exact) mass is 431 g/mol. The number of ether oxygens (including phenoxy) is 1. The number of rotatable bonds is 4. The molecule has 5 rings (SSSR count). The third-order valence-electron chi connectivity index (χ3n) is 7.20. The van der Waals surface area contributed by atoms with E-state index >= 15 is 0 Å². The summed E-state index contributed by atoms with van der Waals surface area (Å²) in [7, 11) is 1.93. The SMILES string of the molecule is CN1C[C@H](F)C[C@H]1COC1=NC2C=C(c3cccc4c3CCCC4)C=CC2C=C1CC#N. The molecule has 4 nitrogen and oxygen atoms in total. The van der Waals surface area contributed by atoms with Crippen molar-refractivity contribution in [2.45, 2.75) is 56.8 Å². The number of aliphatic imine (C=N–C) groups is 1. The number of benzene rings is 1. The van der Waals surface area contributed by atoms with E-state index < -0.39 is 6.17 Å². The molecular weight excluding hydrogens is 401 g/mol. The van der Waals surface area contributed by atoms with E-state index in [-0.39, 0.29) is 24.4 Å². The number of fused-ring (bicyclic) bond motifs is 2. The number of likely N-dealkylation sites (tertiary alicyclic amines) is 1. The van der Waals surface area contributed by atoms with Crippen molar-refractivity contribution in [2.24, 2.45) is 10.9 Å². The van der Waals surface area contributed by atoms with E-state index in [0.717, 1.165) is 18.4 Å². The van der Waals surface area contributed by atoms with E-state index in [4.69, 9.17) is 9.73 Å². The van der Waals surface area contributed by atoms with Gasteiger partial charge < -0.3 is 4.74 Å². The van der Waals surface area contributed by atoms with E-state index in [1.165, 1.54) is 35.1 Å². The molecule has 0 spiro atoms. The van der Waals surface area contributed by atoms with E-state index in [2.05, 4.69) is 48.6 Å². The number of hydrogen-bond donors (Lipinski definition) is 0. The molecule has 0 amide bonds. The summed E-state index contributed by atoms with van der Waals surface area (Å²) < 4.78 is 19.8. The average molecular weight is 432 g/mol. The number of halogens is 1. The second-order valence-electron chi connectivity index (χ2n) is 9.40. The Balaban J connectivity index is 1.39. The largest absolute Gasteiger partial charge is 0.476 e. The maximum absolute atomic E-state index is 13.7. The summed E-state index contributed by atoms with van der Waals surface area (Å²) >= 11 is 0. The molecule has 5 heteroatoms. The molecule has 1 saturated heterocycles. The Morgan fingerprint density at radius 2 is 2.12 bits per heavy atom. The second-order valence-corrected chi connectivity index (χ2v) is 9.40. The molecule has 0 N–H and O–H groups in total. The fourth-order valence-electron chi connectivity index (χ4n) is 5.44. The second kappa shape index (κ2) is 9.03. The molecule has 4 aliphatic rings. The van der Waals surface area contributed by atoms with Gasteiger partial charge in [0.25, 0.3) is 0 Å². The van der Waals surface area contributed by atoms with Crippen molar-refractivity contribution in [1.82, 2.24) is 4.90 Å². The number of nitriles is 1. The van der Waals surface area contributed by atoms with Gasteiger partial charge in [-0.25, -0.2) is 9.38 Å². The lowest BCUT2D eigenvalue weighted by Crippen LogP contribution is -2.32. The summed E-state index contributed by atoms with van der Waals surface area (Å²) in [4.78, 5) is 6.94. The lowest BCUT2D eigenvalue weighted by atomic mass is 9.81. The molecule has 166 valence electrons. The van der Waals surface area contributed by atoms with Crippen molar-refractivity contribution in [3.05, 3.63) is 64.8 Å². The summed E-state index contributed by atoms with van der Waals surface area (Å²) in [6.45, 7) is 0.846. The predicted molar refractivity (Wildman–Crippen MR) is 125 cm³/mol. The molecule has 1 aromatic rings. The minimum absolute atomic E-state index is 0.0397. The third kappa shape index (κ3) is 4.17. The van der Waals surface area contributed by atoms with E-state index in [1.54, 1.807) is 0 Å². The van der Waals surface area contributed by atoms with E-state index in [1.807, 2.05) is 11.9 Å². The highest BCUT2D eigenvalue weighted by Crippen LogP contribution is 2.35. The van der Waals surface area contributed by atoms with E-state index in [9.17, 15) is 9.65 Å². The lowest BCUT2D eigenvalue weighted by Gasteiger charge is -2.29. The highest BCUT2D eigenvalue weighted by atomic mass is 19.1. The van der Waals surface area contributed by atoms with Gasteiger partial charge in [0, 0.05) is 24.1 Å². The van der Waals surface area contributed by atoms with Gasteiger partial charge in [-0.2, -0.15) is 5.26 Å². The van der Waals surface area contributed by atoms with Crippen LogP contribution in [0, 0.1) is 17.2 Å². The smallest absolute Gasteiger partial charge is 0.213 e. The Bertz CT molecular complexity index is 1050. The summed E-state index contributed by atoms with van der Waals surface area (Å²) in [6, 6.07) is 8.90. The number of likely N-dealkylation sites (N-methyl/N-ethyl adjacent to an activating group) is 1. The van der Waals surface area contributed by atoms with Crippen LogP contribution in [0.25, 0.3) is 5.57 Å². The van der Waals surface area contributed by atoms with Crippen LogP contribution in [0.3, 0.4) is 0 Å². The van der Waals surface area contributed by atoms with Crippen molar-refractivity contribution in [1.29, 1.82) is 5.26 Å². The molecule has 1 fully saturated rings. The first-order valence-electron chi connectivity index (χ1n) is 11.8. The third-order valence-corrected chi connectivity index (χ3v) is 7.20. The maximum atomic E-state index is 13.7. The Hall–Kier alpha value is -2.71. The van der Waals surface area contributed by atoms with Crippen LogP contribution in [0.4, 0.5) is 4.39 Å². The lowest BCUT2D eigenvalue weighted by molar-refractivity contribution is 0.188. The Kier molecular flexibility index (Phi) is 5.97. The zero-order chi connectivity index (χ0) is 22.1. The van der Waals surface area contributed by atoms with Crippen LogP contribution in [0.2, 0.25) is 0 Å². The van der Waals surface area contributed by atoms with Crippen LogP contribution in [0.5, 0.6) is 0 Å². The topological polar surface area (TPSA) is 48.6 Å².